The van der Waals surface area contributed by atoms with Gasteiger partial charge in [0.05, 0.1) is 0 Å². The van der Waals surface area contributed by atoms with Crippen LogP contribution in [-0.2, 0) is 11.3 Å². The Labute approximate surface area is 153 Å². The van der Waals surface area contributed by atoms with E-state index in [1.54, 1.807) is 6.07 Å². The van der Waals surface area contributed by atoms with Crippen LogP contribution in [0.2, 0.25) is 0 Å². The first-order valence-electron chi connectivity index (χ1n) is 8.88. The van der Waals surface area contributed by atoms with Gasteiger partial charge in [-0.15, -0.1) is 0 Å². The van der Waals surface area contributed by atoms with Crippen molar-refractivity contribution < 1.29 is 14.3 Å². The van der Waals surface area contributed by atoms with Crippen molar-refractivity contribution in [3.63, 3.8) is 0 Å². The van der Waals surface area contributed by atoms with E-state index in [9.17, 15) is 9.59 Å². The monoisotopic (exact) mass is 352 g/mol. The maximum Gasteiger partial charge on any atom is 0.258 e. The lowest BCUT2D eigenvalue weighted by Gasteiger charge is -2.12. The Morgan fingerprint density at radius 2 is 1.77 bits per heavy atom. The molecule has 2 amide bonds. The van der Waals surface area contributed by atoms with Crippen molar-refractivity contribution in [3.8, 4) is 5.75 Å². The lowest BCUT2D eigenvalue weighted by molar-refractivity contribution is -0.123. The maximum atomic E-state index is 12.1. The number of hydrogen-bond donors (Lipinski definition) is 2. The highest BCUT2D eigenvalue weighted by Gasteiger charge is 2.23. The molecule has 136 valence electrons. The van der Waals surface area contributed by atoms with Crippen LogP contribution in [-0.4, -0.2) is 24.5 Å². The lowest BCUT2D eigenvalue weighted by Crippen LogP contribution is -2.29. The van der Waals surface area contributed by atoms with Crippen LogP contribution in [0.1, 0.15) is 39.9 Å². The van der Waals surface area contributed by atoms with E-state index in [4.69, 9.17) is 4.74 Å². The van der Waals surface area contributed by atoms with Crippen LogP contribution in [0.25, 0.3) is 0 Å². The number of hydrogen-bond acceptors (Lipinski definition) is 3. The Morgan fingerprint density at radius 1 is 1.08 bits per heavy atom. The second kappa shape index (κ2) is 8.04. The van der Waals surface area contributed by atoms with Crippen molar-refractivity contribution in [2.75, 3.05) is 6.61 Å². The summed E-state index contributed by atoms with van der Waals surface area (Å²) in [5, 5.41) is 5.80. The molecule has 0 saturated heterocycles. The minimum Gasteiger partial charge on any atom is -0.483 e. The number of carbonyl (C=O) groups is 2. The number of rotatable bonds is 7. The Hall–Kier alpha value is -2.82. The van der Waals surface area contributed by atoms with Gasteiger partial charge in [-0.3, -0.25) is 9.59 Å². The van der Waals surface area contributed by atoms with Gasteiger partial charge in [-0.1, -0.05) is 30.3 Å². The highest BCUT2D eigenvalue weighted by molar-refractivity contribution is 5.94. The Balaban J connectivity index is 1.50. The van der Waals surface area contributed by atoms with Crippen LogP contribution in [0.5, 0.6) is 5.75 Å². The molecule has 2 N–H and O–H groups in total. The zero-order valence-corrected chi connectivity index (χ0v) is 15.2. The summed E-state index contributed by atoms with van der Waals surface area (Å²) in [5.74, 6) is 0.501. The molecule has 5 heteroatoms. The Morgan fingerprint density at radius 3 is 2.46 bits per heavy atom. The third-order valence-electron chi connectivity index (χ3n) is 4.35. The summed E-state index contributed by atoms with van der Waals surface area (Å²) >= 11 is 0. The summed E-state index contributed by atoms with van der Waals surface area (Å²) in [4.78, 5) is 24.2. The van der Waals surface area contributed by atoms with Gasteiger partial charge >= 0.3 is 0 Å². The van der Waals surface area contributed by atoms with E-state index in [1.165, 1.54) is 0 Å². The predicted octanol–water partition coefficient (Wildman–Crippen LogP) is 2.89. The third-order valence-corrected chi connectivity index (χ3v) is 4.35. The quantitative estimate of drug-likeness (QED) is 0.805. The van der Waals surface area contributed by atoms with Gasteiger partial charge in [0.1, 0.15) is 5.75 Å². The van der Waals surface area contributed by atoms with Gasteiger partial charge in [-0.2, -0.15) is 0 Å². The van der Waals surface area contributed by atoms with Gasteiger partial charge in [-0.25, -0.2) is 0 Å². The Kier molecular flexibility index (Phi) is 5.56. The van der Waals surface area contributed by atoms with Crippen LogP contribution in [0.3, 0.4) is 0 Å². The van der Waals surface area contributed by atoms with Crippen LogP contribution >= 0.6 is 0 Å². The first-order chi connectivity index (χ1) is 12.5. The number of benzene rings is 2. The normalized spacial score (nSPS) is 13.2. The Bertz CT molecular complexity index is 792. The largest absolute Gasteiger partial charge is 0.483 e. The van der Waals surface area contributed by atoms with Crippen LogP contribution in [0, 0.1) is 13.8 Å². The number of nitrogens with one attached hydrogen (secondary N) is 2. The van der Waals surface area contributed by atoms with E-state index < -0.39 is 0 Å². The maximum absolute atomic E-state index is 12.1. The van der Waals surface area contributed by atoms with E-state index in [0.29, 0.717) is 18.2 Å². The average molecular weight is 352 g/mol. The van der Waals surface area contributed by atoms with Crippen molar-refractivity contribution in [2.24, 2.45) is 0 Å². The smallest absolute Gasteiger partial charge is 0.258 e. The standard InChI is InChI=1S/C21H24N2O3/c1-14-5-3-6-15(2)20(14)26-13-19(24)22-12-16-7-4-8-17(11-16)21(25)23-18-9-10-18/h3-8,11,18H,9-10,12-13H2,1-2H3,(H,22,24)(H,23,25). The molecular formula is C21H24N2O3. The molecule has 0 unspecified atom stereocenters. The lowest BCUT2D eigenvalue weighted by atomic mass is 10.1. The molecule has 5 nitrogen and oxygen atoms in total. The van der Waals surface area contributed by atoms with Crippen LogP contribution < -0.4 is 15.4 Å². The number of ether oxygens (including phenoxy) is 1. The molecule has 1 fully saturated rings. The molecule has 2 aromatic rings. The molecule has 1 saturated carbocycles. The van der Waals surface area contributed by atoms with Crippen molar-refractivity contribution in [2.45, 2.75) is 39.3 Å². The van der Waals surface area contributed by atoms with Crippen molar-refractivity contribution in [1.82, 2.24) is 10.6 Å². The molecule has 1 aliphatic carbocycles. The van der Waals surface area contributed by atoms with Crippen molar-refractivity contribution in [1.29, 1.82) is 0 Å². The molecule has 0 aliphatic heterocycles. The molecule has 0 atom stereocenters. The minimum absolute atomic E-state index is 0.0342. The van der Waals surface area contributed by atoms with E-state index in [0.717, 1.165) is 35.3 Å². The first kappa shape index (κ1) is 18.0. The molecule has 0 bridgehead atoms. The van der Waals surface area contributed by atoms with E-state index in [1.807, 2.05) is 50.2 Å². The highest BCUT2D eigenvalue weighted by Crippen LogP contribution is 2.22. The fourth-order valence-corrected chi connectivity index (χ4v) is 2.74. The minimum atomic E-state index is -0.194. The van der Waals surface area contributed by atoms with Gasteiger partial charge in [0.25, 0.3) is 11.8 Å². The topological polar surface area (TPSA) is 67.4 Å². The fraction of sp³-hybridized carbons (Fsp3) is 0.333. The van der Waals surface area contributed by atoms with Crippen molar-refractivity contribution >= 4 is 11.8 Å². The van der Waals surface area contributed by atoms with Gasteiger partial charge in [0.15, 0.2) is 6.61 Å². The summed E-state index contributed by atoms with van der Waals surface area (Å²) in [6.45, 7) is 4.24. The van der Waals surface area contributed by atoms with Gasteiger partial charge in [0, 0.05) is 18.2 Å². The van der Waals surface area contributed by atoms with Gasteiger partial charge in [-0.05, 0) is 55.5 Å². The number of aryl methyl sites for hydroxylation is 2. The number of amides is 2. The summed E-state index contributed by atoms with van der Waals surface area (Å²) in [6.07, 6.45) is 2.11. The first-order valence-corrected chi connectivity index (χ1v) is 8.88. The molecule has 0 radical (unpaired) electrons. The van der Waals surface area contributed by atoms with Gasteiger partial charge < -0.3 is 15.4 Å². The number of para-hydroxylation sites is 1. The molecular weight excluding hydrogens is 328 g/mol. The molecule has 3 rings (SSSR count). The molecule has 0 spiro atoms. The predicted molar refractivity (Wildman–Crippen MR) is 100 cm³/mol. The van der Waals surface area contributed by atoms with E-state index >= 15 is 0 Å². The summed E-state index contributed by atoms with van der Waals surface area (Å²) in [5.41, 5.74) is 3.52. The van der Waals surface area contributed by atoms with Crippen LogP contribution in [0.15, 0.2) is 42.5 Å². The van der Waals surface area contributed by atoms with E-state index in [-0.39, 0.29) is 18.4 Å². The zero-order chi connectivity index (χ0) is 18.5. The SMILES string of the molecule is Cc1cccc(C)c1OCC(=O)NCc1cccc(C(=O)NC2CC2)c1. The average Bonchev–Trinajstić information content (AvgIpc) is 3.44. The molecule has 0 aromatic heterocycles. The molecule has 26 heavy (non-hydrogen) atoms. The molecule has 2 aromatic carbocycles. The summed E-state index contributed by atoms with van der Waals surface area (Å²) < 4.78 is 5.65. The van der Waals surface area contributed by atoms with E-state index in [2.05, 4.69) is 10.6 Å². The zero-order valence-electron chi connectivity index (χ0n) is 15.2. The summed E-state index contributed by atoms with van der Waals surface area (Å²) in [6, 6.07) is 13.5. The number of carbonyl (C=O) groups excluding carboxylic acids is 2. The third kappa shape index (κ3) is 4.85. The fourth-order valence-electron chi connectivity index (χ4n) is 2.74. The second-order valence-electron chi connectivity index (χ2n) is 6.73. The molecule has 0 heterocycles. The highest BCUT2D eigenvalue weighted by atomic mass is 16.5. The van der Waals surface area contributed by atoms with Gasteiger partial charge in [0.2, 0.25) is 0 Å². The van der Waals surface area contributed by atoms with Crippen LogP contribution in [0.4, 0.5) is 0 Å². The summed E-state index contributed by atoms with van der Waals surface area (Å²) in [7, 11) is 0. The molecule has 1 aliphatic rings. The van der Waals surface area contributed by atoms with Crippen molar-refractivity contribution in [3.05, 3.63) is 64.7 Å². The second-order valence-corrected chi connectivity index (χ2v) is 6.73.